The highest BCUT2D eigenvalue weighted by Crippen LogP contribution is 2.29. The number of para-hydroxylation sites is 2. The fourth-order valence-electron chi connectivity index (χ4n) is 2.39. The van der Waals surface area contributed by atoms with Gasteiger partial charge in [0.2, 0.25) is 5.91 Å². The Hall–Kier alpha value is -3.11. The van der Waals surface area contributed by atoms with Crippen molar-refractivity contribution in [1.82, 2.24) is 14.8 Å². The van der Waals surface area contributed by atoms with Gasteiger partial charge in [0.05, 0.1) is 23.5 Å². The molecule has 1 amide bonds. The molecule has 1 heterocycles. The SMILES string of the molecule is COc1ccccc1-n1cnnc1SCC(=O)Nc1ccc(Cl)cc1[N+](=O)[O-]. The standard InChI is InChI=1S/C17H14ClN5O4S/c1-27-15-5-3-2-4-13(15)22-10-19-21-17(22)28-9-16(24)20-12-7-6-11(18)8-14(12)23(25)26/h2-8,10H,9H2,1H3,(H,20,24). The molecule has 0 aliphatic rings. The number of nitrogens with zero attached hydrogens (tertiary/aromatic N) is 4. The first-order valence-corrected chi connectivity index (χ1v) is 9.26. The molecule has 3 aromatic rings. The molecule has 0 saturated heterocycles. The molecule has 0 aliphatic carbocycles. The minimum Gasteiger partial charge on any atom is -0.495 e. The van der Waals surface area contributed by atoms with Gasteiger partial charge in [-0.25, -0.2) is 0 Å². The second kappa shape index (κ2) is 8.72. The van der Waals surface area contributed by atoms with E-state index in [-0.39, 0.29) is 22.2 Å². The van der Waals surface area contributed by atoms with Crippen molar-refractivity contribution in [3.8, 4) is 11.4 Å². The number of anilines is 1. The Bertz CT molecular complexity index is 1030. The quantitative estimate of drug-likeness (QED) is 0.354. The number of amides is 1. The van der Waals surface area contributed by atoms with Crippen molar-refractivity contribution in [2.75, 3.05) is 18.2 Å². The summed E-state index contributed by atoms with van der Waals surface area (Å²) in [5.74, 6) is 0.184. The molecular formula is C17H14ClN5O4S. The summed E-state index contributed by atoms with van der Waals surface area (Å²) >= 11 is 6.92. The van der Waals surface area contributed by atoms with Gasteiger partial charge in [-0.2, -0.15) is 0 Å². The number of rotatable bonds is 7. The molecule has 0 fully saturated rings. The lowest BCUT2D eigenvalue weighted by atomic mass is 10.2. The molecule has 0 bridgehead atoms. The Kier molecular flexibility index (Phi) is 6.12. The number of methoxy groups -OCH3 is 1. The maximum atomic E-state index is 12.3. The molecule has 144 valence electrons. The van der Waals surface area contributed by atoms with Gasteiger partial charge in [0, 0.05) is 11.1 Å². The maximum absolute atomic E-state index is 12.3. The summed E-state index contributed by atoms with van der Waals surface area (Å²) in [6.45, 7) is 0. The van der Waals surface area contributed by atoms with Gasteiger partial charge in [-0.05, 0) is 24.3 Å². The Morgan fingerprint density at radius 2 is 2.14 bits per heavy atom. The third kappa shape index (κ3) is 4.41. The van der Waals surface area contributed by atoms with Crippen molar-refractivity contribution in [2.24, 2.45) is 0 Å². The summed E-state index contributed by atoms with van der Waals surface area (Å²) in [6, 6.07) is 11.4. The van der Waals surface area contributed by atoms with E-state index in [1.807, 2.05) is 18.2 Å². The molecule has 0 unspecified atom stereocenters. The fraction of sp³-hybridized carbons (Fsp3) is 0.118. The molecule has 1 aromatic heterocycles. The number of carbonyl (C=O) groups is 1. The van der Waals surface area contributed by atoms with E-state index < -0.39 is 10.8 Å². The Morgan fingerprint density at radius 3 is 2.89 bits per heavy atom. The minimum atomic E-state index is -0.604. The molecule has 9 nitrogen and oxygen atoms in total. The van der Waals surface area contributed by atoms with Crippen LogP contribution in [0.2, 0.25) is 5.02 Å². The monoisotopic (exact) mass is 419 g/mol. The van der Waals surface area contributed by atoms with Gasteiger partial charge in [0.25, 0.3) is 5.69 Å². The normalized spacial score (nSPS) is 10.5. The van der Waals surface area contributed by atoms with Crippen molar-refractivity contribution in [2.45, 2.75) is 5.16 Å². The van der Waals surface area contributed by atoms with Crippen LogP contribution in [0.4, 0.5) is 11.4 Å². The van der Waals surface area contributed by atoms with Gasteiger partial charge in [-0.1, -0.05) is 35.5 Å². The number of nitrogens with one attached hydrogen (secondary N) is 1. The van der Waals surface area contributed by atoms with Gasteiger partial charge in [0.15, 0.2) is 5.16 Å². The highest BCUT2D eigenvalue weighted by molar-refractivity contribution is 7.99. The van der Waals surface area contributed by atoms with E-state index >= 15 is 0 Å². The second-order valence-electron chi connectivity index (χ2n) is 5.41. The molecule has 3 rings (SSSR count). The Morgan fingerprint density at radius 1 is 1.36 bits per heavy atom. The van der Waals surface area contributed by atoms with E-state index in [9.17, 15) is 14.9 Å². The van der Waals surface area contributed by atoms with Gasteiger partial charge < -0.3 is 10.1 Å². The molecule has 0 saturated carbocycles. The molecule has 0 radical (unpaired) electrons. The largest absolute Gasteiger partial charge is 0.495 e. The predicted molar refractivity (Wildman–Crippen MR) is 105 cm³/mol. The summed E-state index contributed by atoms with van der Waals surface area (Å²) in [5.41, 5.74) is 0.528. The lowest BCUT2D eigenvalue weighted by Crippen LogP contribution is -2.15. The average molecular weight is 420 g/mol. The number of thioether (sulfide) groups is 1. The molecular weight excluding hydrogens is 406 g/mol. The highest BCUT2D eigenvalue weighted by Gasteiger charge is 2.18. The number of nitro groups is 1. The fourth-order valence-corrected chi connectivity index (χ4v) is 3.28. The van der Waals surface area contributed by atoms with Crippen molar-refractivity contribution >= 4 is 40.6 Å². The van der Waals surface area contributed by atoms with Gasteiger partial charge in [0.1, 0.15) is 17.8 Å². The van der Waals surface area contributed by atoms with Crippen LogP contribution in [-0.2, 0) is 4.79 Å². The van der Waals surface area contributed by atoms with Crippen LogP contribution in [0.3, 0.4) is 0 Å². The molecule has 28 heavy (non-hydrogen) atoms. The number of hydrogen-bond donors (Lipinski definition) is 1. The van der Waals surface area contributed by atoms with Gasteiger partial charge in [-0.3, -0.25) is 19.5 Å². The molecule has 2 aromatic carbocycles. The van der Waals surface area contributed by atoms with Crippen molar-refractivity contribution < 1.29 is 14.5 Å². The third-order valence-corrected chi connectivity index (χ3v) is 4.80. The summed E-state index contributed by atoms with van der Waals surface area (Å²) in [5, 5.41) is 22.2. The van der Waals surface area contributed by atoms with Crippen molar-refractivity contribution in [3.05, 3.63) is 63.9 Å². The molecule has 1 N–H and O–H groups in total. The van der Waals surface area contributed by atoms with E-state index in [1.165, 1.54) is 24.5 Å². The van der Waals surface area contributed by atoms with Crippen molar-refractivity contribution in [1.29, 1.82) is 0 Å². The summed E-state index contributed by atoms with van der Waals surface area (Å²) in [4.78, 5) is 22.8. The first-order valence-electron chi connectivity index (χ1n) is 7.89. The lowest BCUT2D eigenvalue weighted by Gasteiger charge is -2.10. The number of ether oxygens (including phenoxy) is 1. The number of halogens is 1. The van der Waals surface area contributed by atoms with Crippen LogP contribution >= 0.6 is 23.4 Å². The van der Waals surface area contributed by atoms with E-state index in [0.717, 1.165) is 17.4 Å². The summed E-state index contributed by atoms with van der Waals surface area (Å²) in [7, 11) is 1.56. The molecule has 0 aliphatic heterocycles. The average Bonchev–Trinajstić information content (AvgIpc) is 3.16. The summed E-state index contributed by atoms with van der Waals surface area (Å²) < 4.78 is 7.03. The molecule has 0 atom stereocenters. The van der Waals surface area contributed by atoms with E-state index in [4.69, 9.17) is 16.3 Å². The molecule has 11 heteroatoms. The van der Waals surface area contributed by atoms with Crippen LogP contribution < -0.4 is 10.1 Å². The number of aromatic nitrogens is 3. The zero-order chi connectivity index (χ0) is 20.1. The lowest BCUT2D eigenvalue weighted by molar-refractivity contribution is -0.383. The Labute approximate surface area is 168 Å². The number of carbonyl (C=O) groups excluding carboxylic acids is 1. The smallest absolute Gasteiger partial charge is 0.294 e. The first-order chi connectivity index (χ1) is 13.5. The first kappa shape index (κ1) is 19.6. The highest BCUT2D eigenvalue weighted by atomic mass is 35.5. The number of benzene rings is 2. The van der Waals surface area contributed by atoms with E-state index in [1.54, 1.807) is 17.7 Å². The van der Waals surface area contributed by atoms with Crippen LogP contribution in [0, 0.1) is 10.1 Å². The van der Waals surface area contributed by atoms with Crippen LogP contribution in [0.25, 0.3) is 5.69 Å². The van der Waals surface area contributed by atoms with Crippen molar-refractivity contribution in [3.63, 3.8) is 0 Å². The zero-order valence-corrected chi connectivity index (χ0v) is 16.1. The summed E-state index contributed by atoms with van der Waals surface area (Å²) in [6.07, 6.45) is 1.52. The topological polar surface area (TPSA) is 112 Å². The van der Waals surface area contributed by atoms with E-state index in [0.29, 0.717) is 10.9 Å². The van der Waals surface area contributed by atoms with Crippen LogP contribution in [0.5, 0.6) is 5.75 Å². The third-order valence-electron chi connectivity index (χ3n) is 3.62. The predicted octanol–water partition coefficient (Wildman–Crippen LogP) is 3.57. The van der Waals surface area contributed by atoms with Crippen LogP contribution in [0.1, 0.15) is 0 Å². The minimum absolute atomic E-state index is 0.0202. The molecule has 0 spiro atoms. The number of hydrogen-bond acceptors (Lipinski definition) is 7. The second-order valence-corrected chi connectivity index (χ2v) is 6.79. The van der Waals surface area contributed by atoms with E-state index in [2.05, 4.69) is 15.5 Å². The zero-order valence-electron chi connectivity index (χ0n) is 14.5. The van der Waals surface area contributed by atoms with Gasteiger partial charge >= 0.3 is 0 Å². The Balaban J connectivity index is 1.72. The maximum Gasteiger partial charge on any atom is 0.294 e. The number of nitro benzene ring substituents is 1. The van der Waals surface area contributed by atoms with Crippen LogP contribution in [-0.4, -0.2) is 38.5 Å². The van der Waals surface area contributed by atoms with Crippen LogP contribution in [0.15, 0.2) is 53.9 Å². The van der Waals surface area contributed by atoms with Gasteiger partial charge in [-0.15, -0.1) is 10.2 Å².